The SMILES string of the molecule is Cc1ccc(-c2cc(N(C)C)c3c(c2O)C(=O)C2C(=O)C4(O)C(=O)C(C(N)=O)C(=O)C(N(C)C)C4CC2C3)cc1. The molecule has 0 heterocycles. The molecule has 3 aliphatic carbocycles. The fourth-order valence-electron chi connectivity index (χ4n) is 7.00. The second-order valence-corrected chi connectivity index (χ2v) is 11.7. The van der Waals surface area contributed by atoms with Gasteiger partial charge in [-0.15, -0.1) is 0 Å². The number of primary amides is 1. The minimum Gasteiger partial charge on any atom is -0.507 e. The molecule has 2 saturated carbocycles. The van der Waals surface area contributed by atoms with Crippen LogP contribution in [0.1, 0.15) is 27.9 Å². The number of carbonyl (C=O) groups excluding carboxylic acids is 5. The molecule has 6 unspecified atom stereocenters. The van der Waals surface area contributed by atoms with E-state index in [1.165, 1.54) is 4.90 Å². The highest BCUT2D eigenvalue weighted by molar-refractivity contribution is 6.32. The van der Waals surface area contributed by atoms with Gasteiger partial charge in [-0.05, 0) is 57.0 Å². The smallest absolute Gasteiger partial charge is 0.235 e. The lowest BCUT2D eigenvalue weighted by Gasteiger charge is -2.52. The maximum Gasteiger partial charge on any atom is 0.235 e. The monoisotopic (exact) mass is 547 g/mol. The van der Waals surface area contributed by atoms with Crippen molar-refractivity contribution in [1.82, 2.24) is 4.90 Å². The number of hydrogen-bond donors (Lipinski definition) is 3. The zero-order valence-electron chi connectivity index (χ0n) is 23.1. The molecule has 4 N–H and O–H groups in total. The van der Waals surface area contributed by atoms with Gasteiger partial charge in [0.05, 0.1) is 17.5 Å². The van der Waals surface area contributed by atoms with Crippen LogP contribution >= 0.6 is 0 Å². The predicted octanol–water partition coefficient (Wildman–Crippen LogP) is 0.908. The molecule has 0 saturated heterocycles. The highest BCUT2D eigenvalue weighted by Crippen LogP contribution is 2.53. The standard InChI is InChI=1S/C30H33N3O7/c1-13-6-8-14(9-7-13)16-12-19(32(2)3)17-10-15-11-18-23(33(4)5)26(36)22(29(31)39)28(38)30(18,40)27(37)20(15)25(35)21(17)24(16)34/h6-9,12,15,18,20,22-23,34,40H,10-11H2,1-5H3,(H2,31,39). The van der Waals surface area contributed by atoms with Crippen LogP contribution in [0.25, 0.3) is 11.1 Å². The van der Waals surface area contributed by atoms with E-state index < -0.39 is 64.4 Å². The number of nitrogens with zero attached hydrogens (tertiary/aromatic N) is 2. The summed E-state index contributed by atoms with van der Waals surface area (Å²) in [6, 6.07) is 8.10. The number of benzene rings is 2. The van der Waals surface area contributed by atoms with Crippen LogP contribution in [0.2, 0.25) is 0 Å². The van der Waals surface area contributed by atoms with Crippen molar-refractivity contribution < 1.29 is 34.2 Å². The fourth-order valence-corrected chi connectivity index (χ4v) is 7.00. The molecule has 0 aromatic heterocycles. The van der Waals surface area contributed by atoms with Crippen LogP contribution < -0.4 is 10.6 Å². The van der Waals surface area contributed by atoms with Crippen LogP contribution in [0.3, 0.4) is 0 Å². The first-order chi connectivity index (χ1) is 18.7. The molecule has 2 aromatic rings. The Morgan fingerprint density at radius 3 is 2.20 bits per heavy atom. The average molecular weight is 548 g/mol. The third-order valence-electron chi connectivity index (χ3n) is 8.88. The van der Waals surface area contributed by atoms with Crippen molar-refractivity contribution in [3.8, 4) is 16.9 Å². The molecule has 5 rings (SSSR count). The number of phenols is 1. The van der Waals surface area contributed by atoms with Gasteiger partial charge >= 0.3 is 0 Å². The summed E-state index contributed by atoms with van der Waals surface area (Å²) < 4.78 is 0. The van der Waals surface area contributed by atoms with E-state index in [-0.39, 0.29) is 24.2 Å². The summed E-state index contributed by atoms with van der Waals surface area (Å²) in [6.07, 6.45) is 0.221. The molecule has 0 bridgehead atoms. The van der Waals surface area contributed by atoms with Crippen molar-refractivity contribution in [2.24, 2.45) is 29.4 Å². The molecule has 0 spiro atoms. The number of hydrogen-bond acceptors (Lipinski definition) is 9. The van der Waals surface area contributed by atoms with E-state index in [0.717, 1.165) is 5.56 Å². The Morgan fingerprint density at radius 1 is 1.02 bits per heavy atom. The maximum absolute atomic E-state index is 14.1. The number of aliphatic hydroxyl groups is 1. The number of ketones is 4. The Morgan fingerprint density at radius 2 is 1.65 bits per heavy atom. The lowest BCUT2D eigenvalue weighted by molar-refractivity contribution is -0.181. The summed E-state index contributed by atoms with van der Waals surface area (Å²) in [7, 11) is 6.75. The molecule has 6 atom stereocenters. The quantitative estimate of drug-likeness (QED) is 0.473. The van der Waals surface area contributed by atoms with Gasteiger partial charge in [-0.3, -0.25) is 28.9 Å². The summed E-state index contributed by atoms with van der Waals surface area (Å²) in [4.78, 5) is 70.3. The van der Waals surface area contributed by atoms with Gasteiger partial charge in [0.15, 0.2) is 34.7 Å². The number of fused-ring (bicyclic) bond motifs is 3. The Kier molecular flexibility index (Phi) is 6.47. The fraction of sp³-hybridized carbons (Fsp3) is 0.433. The minimum atomic E-state index is -2.74. The van der Waals surface area contributed by atoms with E-state index in [9.17, 15) is 34.2 Å². The molecule has 10 heteroatoms. The normalized spacial score (nSPS) is 29.6. The van der Waals surface area contributed by atoms with Crippen molar-refractivity contribution in [3.63, 3.8) is 0 Å². The number of rotatable bonds is 4. The van der Waals surface area contributed by atoms with Gasteiger partial charge in [0.2, 0.25) is 5.91 Å². The highest BCUT2D eigenvalue weighted by atomic mass is 16.3. The number of aryl methyl sites for hydroxylation is 1. The number of anilines is 1. The van der Waals surface area contributed by atoms with Gasteiger partial charge in [0.1, 0.15) is 5.75 Å². The van der Waals surface area contributed by atoms with Crippen LogP contribution in [0, 0.1) is 30.6 Å². The molecule has 0 radical (unpaired) electrons. The number of phenolic OH excluding ortho intramolecular Hbond substituents is 1. The highest BCUT2D eigenvalue weighted by Gasteiger charge is 2.69. The predicted molar refractivity (Wildman–Crippen MR) is 146 cm³/mol. The molecular weight excluding hydrogens is 514 g/mol. The van der Waals surface area contributed by atoms with E-state index in [1.54, 1.807) is 20.2 Å². The first-order valence-electron chi connectivity index (χ1n) is 13.2. The van der Waals surface area contributed by atoms with E-state index in [2.05, 4.69) is 0 Å². The number of carbonyl (C=O) groups is 5. The van der Waals surface area contributed by atoms with Gasteiger partial charge in [-0.1, -0.05) is 29.8 Å². The first-order valence-corrected chi connectivity index (χ1v) is 13.2. The lowest BCUT2D eigenvalue weighted by atomic mass is 9.52. The number of nitrogens with two attached hydrogens (primary N) is 1. The van der Waals surface area contributed by atoms with Crippen LogP contribution in [-0.2, 0) is 25.6 Å². The molecule has 10 nitrogen and oxygen atoms in total. The zero-order valence-corrected chi connectivity index (χ0v) is 23.1. The molecule has 2 fully saturated rings. The zero-order chi connectivity index (χ0) is 29.4. The van der Waals surface area contributed by atoms with Crippen molar-refractivity contribution >= 4 is 34.7 Å². The van der Waals surface area contributed by atoms with Crippen molar-refractivity contribution in [1.29, 1.82) is 0 Å². The molecule has 2 aromatic carbocycles. The molecule has 3 aliphatic rings. The van der Waals surface area contributed by atoms with Gasteiger partial charge in [0.25, 0.3) is 0 Å². The minimum absolute atomic E-state index is 0.0112. The number of likely N-dealkylation sites (N-methyl/N-ethyl adjacent to an activating group) is 1. The Hall–Kier alpha value is -3.89. The largest absolute Gasteiger partial charge is 0.507 e. The van der Waals surface area contributed by atoms with E-state index >= 15 is 0 Å². The van der Waals surface area contributed by atoms with E-state index in [4.69, 9.17) is 5.73 Å². The molecule has 1 amide bonds. The van der Waals surface area contributed by atoms with Crippen molar-refractivity contribution in [3.05, 3.63) is 47.0 Å². The molecule has 0 aliphatic heterocycles. The third kappa shape index (κ3) is 3.73. The lowest BCUT2D eigenvalue weighted by Crippen LogP contribution is -2.74. The molecule has 210 valence electrons. The van der Waals surface area contributed by atoms with Crippen LogP contribution in [0.5, 0.6) is 5.75 Å². The van der Waals surface area contributed by atoms with Gasteiger partial charge < -0.3 is 20.8 Å². The molecular formula is C30H33N3O7. The Labute approximate surface area is 231 Å². The van der Waals surface area contributed by atoms with E-state index in [0.29, 0.717) is 22.4 Å². The van der Waals surface area contributed by atoms with Crippen LogP contribution in [-0.4, -0.2) is 84.0 Å². The summed E-state index contributed by atoms with van der Waals surface area (Å²) in [5.41, 5.74) is 5.98. The summed E-state index contributed by atoms with van der Waals surface area (Å²) in [6.45, 7) is 1.93. The van der Waals surface area contributed by atoms with Crippen molar-refractivity contribution in [2.75, 3.05) is 33.1 Å². The first kappa shape index (κ1) is 27.7. The van der Waals surface area contributed by atoms with E-state index in [1.807, 2.05) is 50.2 Å². The Bertz CT molecular complexity index is 1480. The molecule has 40 heavy (non-hydrogen) atoms. The second kappa shape index (κ2) is 9.35. The van der Waals surface area contributed by atoms with Crippen LogP contribution in [0.4, 0.5) is 5.69 Å². The van der Waals surface area contributed by atoms with Gasteiger partial charge in [-0.2, -0.15) is 0 Å². The van der Waals surface area contributed by atoms with Gasteiger partial charge in [-0.25, -0.2) is 0 Å². The second-order valence-electron chi connectivity index (χ2n) is 11.7. The summed E-state index contributed by atoms with van der Waals surface area (Å²) in [5, 5.41) is 23.2. The third-order valence-corrected chi connectivity index (χ3v) is 8.88. The van der Waals surface area contributed by atoms with Crippen molar-refractivity contribution in [2.45, 2.75) is 31.4 Å². The number of Topliss-reactive ketones (excluding diaryl/α,β-unsaturated/α-hetero) is 4. The Balaban J connectivity index is 1.69. The van der Waals surface area contributed by atoms with Crippen LogP contribution in [0.15, 0.2) is 30.3 Å². The summed E-state index contributed by atoms with van der Waals surface area (Å²) >= 11 is 0. The number of amides is 1. The maximum atomic E-state index is 14.1. The van der Waals surface area contributed by atoms with Gasteiger partial charge in [0, 0.05) is 31.3 Å². The number of aromatic hydroxyl groups is 1. The average Bonchev–Trinajstić information content (AvgIpc) is 2.86. The summed E-state index contributed by atoms with van der Waals surface area (Å²) in [5.74, 6) is -10.5. The topological polar surface area (TPSA) is 158 Å².